The lowest BCUT2D eigenvalue weighted by molar-refractivity contribution is -0.170. The minimum atomic E-state index is -0.426. The first-order valence-corrected chi connectivity index (χ1v) is 22.8. The molecule has 0 aromatic heterocycles. The van der Waals surface area contributed by atoms with Crippen molar-refractivity contribution < 1.29 is 19.1 Å². The predicted octanol–water partition coefficient (Wildman–Crippen LogP) is 14.4. The summed E-state index contributed by atoms with van der Waals surface area (Å²) in [5, 5.41) is 0. The Labute approximate surface area is 324 Å². The van der Waals surface area contributed by atoms with Crippen LogP contribution < -0.4 is 0 Å². The summed E-state index contributed by atoms with van der Waals surface area (Å²) >= 11 is 0. The molecular weight excluding hydrogens is 643 g/mol. The monoisotopic (exact) mass is 732 g/mol. The van der Waals surface area contributed by atoms with Crippen LogP contribution in [-0.4, -0.2) is 49.7 Å². The number of rotatable bonds is 40. The zero-order valence-electron chi connectivity index (χ0n) is 35.6. The van der Waals surface area contributed by atoms with E-state index in [0.717, 1.165) is 64.2 Å². The number of hydrogen-bond donors (Lipinski definition) is 0. The second-order valence-electron chi connectivity index (χ2n) is 15.8. The molecule has 2 atom stereocenters. The van der Waals surface area contributed by atoms with Crippen LogP contribution in [0.1, 0.15) is 233 Å². The van der Waals surface area contributed by atoms with Crippen molar-refractivity contribution in [3.05, 3.63) is 24.3 Å². The van der Waals surface area contributed by atoms with Crippen LogP contribution in [0.25, 0.3) is 0 Å². The maximum absolute atomic E-state index is 13.0. The lowest BCUT2D eigenvalue weighted by Gasteiger charge is -2.29. The Morgan fingerprint density at radius 2 is 0.731 bits per heavy atom. The first-order chi connectivity index (χ1) is 25.4. The van der Waals surface area contributed by atoms with Gasteiger partial charge >= 0.3 is 11.9 Å². The second kappa shape index (κ2) is 40.6. The van der Waals surface area contributed by atoms with E-state index in [-0.39, 0.29) is 18.0 Å². The van der Waals surface area contributed by atoms with E-state index in [1.54, 1.807) is 0 Å². The van der Waals surface area contributed by atoms with E-state index >= 15 is 0 Å². The van der Waals surface area contributed by atoms with E-state index < -0.39 is 6.10 Å². The first kappa shape index (κ1) is 50.4. The van der Waals surface area contributed by atoms with Gasteiger partial charge in [0.1, 0.15) is 6.10 Å². The molecule has 0 fully saturated rings. The molecule has 0 aromatic carbocycles. The van der Waals surface area contributed by atoms with Crippen molar-refractivity contribution in [3.63, 3.8) is 0 Å². The lowest BCUT2D eigenvalue weighted by Crippen LogP contribution is -2.42. The van der Waals surface area contributed by atoms with E-state index in [1.165, 1.54) is 135 Å². The standard InChI is InChI=1S/C47H89NO4/c1-6-9-12-15-17-19-21-23-25-27-29-31-33-35-38-41-46(49)51-44(40-37-14-11-8-3)45(43-48(4)5)52-47(50)42-39-36-34-32-30-28-26-24-22-20-18-16-13-10-7-2/h23-26,44-45H,6-22,27-43H2,1-5H3/b25-23-,26-24-/t44-,45+/m1/s1. The van der Waals surface area contributed by atoms with E-state index in [4.69, 9.17) is 9.47 Å². The molecule has 0 aliphatic heterocycles. The van der Waals surface area contributed by atoms with Gasteiger partial charge in [-0.05, 0) is 91.1 Å². The van der Waals surface area contributed by atoms with Crippen molar-refractivity contribution in [1.82, 2.24) is 4.90 Å². The third-order valence-corrected chi connectivity index (χ3v) is 10.2. The number of carbonyl (C=O) groups excluding carboxylic acids is 2. The minimum Gasteiger partial charge on any atom is -0.458 e. The number of esters is 2. The Morgan fingerprint density at radius 3 is 1.10 bits per heavy atom. The fourth-order valence-corrected chi connectivity index (χ4v) is 6.82. The van der Waals surface area contributed by atoms with Gasteiger partial charge in [-0.25, -0.2) is 0 Å². The maximum atomic E-state index is 13.0. The first-order valence-electron chi connectivity index (χ1n) is 22.8. The van der Waals surface area contributed by atoms with Gasteiger partial charge in [-0.1, -0.05) is 167 Å². The predicted molar refractivity (Wildman–Crippen MR) is 226 cm³/mol. The number of ether oxygens (including phenoxy) is 2. The fourth-order valence-electron chi connectivity index (χ4n) is 6.82. The topological polar surface area (TPSA) is 55.8 Å². The van der Waals surface area contributed by atoms with Gasteiger partial charge in [-0.15, -0.1) is 0 Å². The van der Waals surface area contributed by atoms with Crippen LogP contribution in [0.4, 0.5) is 0 Å². The van der Waals surface area contributed by atoms with Crippen LogP contribution in [0, 0.1) is 0 Å². The van der Waals surface area contributed by atoms with Crippen molar-refractivity contribution in [2.24, 2.45) is 0 Å². The summed E-state index contributed by atoms with van der Waals surface area (Å²) in [4.78, 5) is 28.0. The number of hydrogen-bond acceptors (Lipinski definition) is 5. The molecule has 0 N–H and O–H groups in total. The highest BCUT2D eigenvalue weighted by Gasteiger charge is 2.29. The summed E-state index contributed by atoms with van der Waals surface area (Å²) in [5.41, 5.74) is 0. The summed E-state index contributed by atoms with van der Waals surface area (Å²) in [6.07, 6.45) is 46.9. The molecule has 0 heterocycles. The highest BCUT2D eigenvalue weighted by Crippen LogP contribution is 2.19. The number of nitrogens with zero attached hydrogens (tertiary/aromatic N) is 1. The third kappa shape index (κ3) is 36.7. The van der Waals surface area contributed by atoms with Gasteiger partial charge in [0.05, 0.1) is 0 Å². The van der Waals surface area contributed by atoms with Gasteiger partial charge in [0.2, 0.25) is 0 Å². The summed E-state index contributed by atoms with van der Waals surface area (Å²) < 4.78 is 12.1. The average Bonchev–Trinajstić information content (AvgIpc) is 3.12. The van der Waals surface area contributed by atoms with Gasteiger partial charge in [-0.3, -0.25) is 9.59 Å². The largest absolute Gasteiger partial charge is 0.458 e. The van der Waals surface area contributed by atoms with E-state index in [1.807, 2.05) is 19.0 Å². The molecule has 52 heavy (non-hydrogen) atoms. The summed E-state index contributed by atoms with van der Waals surface area (Å²) in [6.45, 7) is 7.31. The van der Waals surface area contributed by atoms with Crippen molar-refractivity contribution in [3.8, 4) is 0 Å². The van der Waals surface area contributed by atoms with Gasteiger partial charge in [-0.2, -0.15) is 0 Å². The number of unbranched alkanes of at least 4 members (excludes halogenated alkanes) is 25. The summed E-state index contributed by atoms with van der Waals surface area (Å²) in [6, 6.07) is 0. The van der Waals surface area contributed by atoms with E-state index in [9.17, 15) is 9.59 Å². The van der Waals surface area contributed by atoms with Crippen LogP contribution in [0.5, 0.6) is 0 Å². The molecule has 0 amide bonds. The van der Waals surface area contributed by atoms with Gasteiger partial charge in [0.15, 0.2) is 6.10 Å². The molecule has 0 saturated carbocycles. The van der Waals surface area contributed by atoms with Crippen molar-refractivity contribution in [2.75, 3.05) is 20.6 Å². The van der Waals surface area contributed by atoms with Crippen molar-refractivity contribution in [1.29, 1.82) is 0 Å². The van der Waals surface area contributed by atoms with Crippen LogP contribution >= 0.6 is 0 Å². The molecule has 5 heteroatoms. The second-order valence-corrected chi connectivity index (χ2v) is 15.8. The van der Waals surface area contributed by atoms with Crippen LogP contribution in [0.2, 0.25) is 0 Å². The Morgan fingerprint density at radius 1 is 0.423 bits per heavy atom. The van der Waals surface area contributed by atoms with E-state index in [0.29, 0.717) is 19.4 Å². The molecule has 0 saturated heterocycles. The molecule has 306 valence electrons. The average molecular weight is 732 g/mol. The molecule has 0 aliphatic carbocycles. The highest BCUT2D eigenvalue weighted by molar-refractivity contribution is 5.70. The van der Waals surface area contributed by atoms with Crippen molar-refractivity contribution in [2.45, 2.75) is 245 Å². The fraction of sp³-hybridized carbons (Fsp3) is 0.872. The normalized spacial score (nSPS) is 13.0. The Balaban J connectivity index is 4.40. The molecule has 0 rings (SSSR count). The molecule has 5 nitrogen and oxygen atoms in total. The van der Waals surface area contributed by atoms with E-state index in [2.05, 4.69) is 45.1 Å². The summed E-state index contributed by atoms with van der Waals surface area (Å²) in [5.74, 6) is -0.300. The minimum absolute atomic E-state index is 0.143. The zero-order chi connectivity index (χ0) is 38.2. The van der Waals surface area contributed by atoms with Gasteiger partial charge in [0, 0.05) is 19.4 Å². The van der Waals surface area contributed by atoms with Gasteiger partial charge in [0.25, 0.3) is 0 Å². The molecule has 0 aromatic rings. The van der Waals surface area contributed by atoms with Crippen LogP contribution in [0.15, 0.2) is 24.3 Å². The van der Waals surface area contributed by atoms with Crippen LogP contribution in [0.3, 0.4) is 0 Å². The third-order valence-electron chi connectivity index (χ3n) is 10.2. The Kier molecular flexibility index (Phi) is 39.3. The molecule has 0 radical (unpaired) electrons. The highest BCUT2D eigenvalue weighted by atomic mass is 16.6. The maximum Gasteiger partial charge on any atom is 0.306 e. The Hall–Kier alpha value is -1.62. The molecule has 0 bridgehead atoms. The molecular formula is C47H89NO4. The number of allylic oxidation sites excluding steroid dienone is 4. The Bertz CT molecular complexity index is 822. The van der Waals surface area contributed by atoms with Gasteiger partial charge < -0.3 is 14.4 Å². The SMILES string of the molecule is CCCCCCCC/C=C\CCCCCCCC(=O)O[C@@H](CN(C)C)[C@@H](CCCCCC)OC(=O)CCCCCCC/C=C\CCCCCCCC. The molecule has 0 spiro atoms. The van der Waals surface area contributed by atoms with Crippen LogP contribution in [-0.2, 0) is 19.1 Å². The summed E-state index contributed by atoms with van der Waals surface area (Å²) in [7, 11) is 3.98. The number of carbonyl (C=O) groups is 2. The number of likely N-dealkylation sites (N-methyl/N-ethyl adjacent to an activating group) is 1. The zero-order valence-corrected chi connectivity index (χ0v) is 35.6. The lowest BCUT2D eigenvalue weighted by atomic mass is 10.0. The van der Waals surface area contributed by atoms with Crippen molar-refractivity contribution >= 4 is 11.9 Å². The smallest absolute Gasteiger partial charge is 0.306 e. The quantitative estimate of drug-likeness (QED) is 0.0357. The molecule has 0 aliphatic rings. The molecule has 0 unspecified atom stereocenters.